The molecule has 0 radical (unpaired) electrons. The van der Waals surface area contributed by atoms with Gasteiger partial charge in [-0.05, 0) is 33.1 Å². The SMILES string of the molecule is C1=CCCC1.C1CCCC1.CC.CC.CCOC(=O)[C-](C)CC.CCOC(=O)[C-](C)CC.[Rb+].[Rb+]. The van der Waals surface area contributed by atoms with E-state index in [0.717, 1.165) is 24.7 Å². The second kappa shape index (κ2) is 45.0. The molecule has 6 heteroatoms. The predicted octanol–water partition coefficient (Wildman–Crippen LogP) is 2.85. The molecule has 1 saturated carbocycles. The van der Waals surface area contributed by atoms with Crippen LogP contribution in [0, 0.1) is 11.8 Å². The van der Waals surface area contributed by atoms with E-state index in [2.05, 4.69) is 12.2 Å². The van der Waals surface area contributed by atoms with Crippen molar-refractivity contribution >= 4 is 11.9 Å². The second-order valence-corrected chi connectivity index (χ2v) is 6.88. The summed E-state index contributed by atoms with van der Waals surface area (Å²) in [6.07, 6.45) is 17.6. The Labute approximate surface area is 312 Å². The Morgan fingerprint density at radius 2 is 0.882 bits per heavy atom. The number of rotatable bonds is 6. The van der Waals surface area contributed by atoms with Crippen LogP contribution < -0.4 is 116 Å². The normalized spacial score (nSPS) is 11.6. The van der Waals surface area contributed by atoms with Crippen LogP contribution in [0.1, 0.15) is 133 Å². The van der Waals surface area contributed by atoms with E-state index in [1.165, 1.54) is 51.4 Å². The zero-order chi connectivity index (χ0) is 25.6. The minimum atomic E-state index is -0.167. The van der Waals surface area contributed by atoms with E-state index in [1.54, 1.807) is 27.7 Å². The average Bonchev–Trinajstić information content (AvgIpc) is 3.60. The first-order valence-electron chi connectivity index (χ1n) is 13.1. The summed E-state index contributed by atoms with van der Waals surface area (Å²) in [7, 11) is 0. The van der Waals surface area contributed by atoms with Gasteiger partial charge in [-0.25, -0.2) is 0 Å². The molecular formula is C28H56O4Rb2. The Hall–Kier alpha value is 2.03. The third-order valence-electron chi connectivity index (χ3n) is 4.47. The van der Waals surface area contributed by atoms with Gasteiger partial charge in [0.1, 0.15) is 0 Å². The van der Waals surface area contributed by atoms with Gasteiger partial charge < -0.3 is 9.47 Å². The molecule has 0 amide bonds. The minimum absolute atomic E-state index is 0. The van der Waals surface area contributed by atoms with Gasteiger partial charge in [-0.15, -0.1) is 0 Å². The molecule has 1 fully saturated rings. The van der Waals surface area contributed by atoms with Crippen molar-refractivity contribution < 1.29 is 135 Å². The number of allylic oxidation sites excluding steroid dienone is 2. The van der Waals surface area contributed by atoms with Crippen LogP contribution in [-0.4, -0.2) is 25.2 Å². The fraction of sp³-hybridized carbons (Fsp3) is 0.786. The summed E-state index contributed by atoms with van der Waals surface area (Å²) in [5.41, 5.74) is 0. The van der Waals surface area contributed by atoms with Crippen LogP contribution in [-0.2, 0) is 19.1 Å². The minimum Gasteiger partial charge on any atom is -0.488 e. The third-order valence-corrected chi connectivity index (χ3v) is 4.47. The Balaban J connectivity index is -0.0000000733. The van der Waals surface area contributed by atoms with Crippen LogP contribution in [0.25, 0.3) is 0 Å². The molecule has 2 aliphatic rings. The summed E-state index contributed by atoms with van der Waals surface area (Å²) in [5, 5.41) is 0. The molecule has 4 nitrogen and oxygen atoms in total. The van der Waals surface area contributed by atoms with Crippen molar-refractivity contribution in [1.29, 1.82) is 0 Å². The standard InChI is InChI=1S/2C7H13O2.C5H10.C5H8.2C2H6.2Rb/c2*1-4-6(3)7(8)9-5-2;2*1-2-4-5-3-1;2*1-2;;/h2*4-5H2,1-3H3;1-5H2;1-2H,3-5H2;2*1-2H3;;/q2*-1;;;;;2*+1. The number of hydrogen-bond donors (Lipinski definition) is 0. The Morgan fingerprint density at radius 1 is 0.618 bits per heavy atom. The summed E-state index contributed by atoms with van der Waals surface area (Å²) in [5.74, 6) is 1.24. The van der Waals surface area contributed by atoms with E-state index in [9.17, 15) is 9.59 Å². The molecule has 0 aliphatic heterocycles. The maximum Gasteiger partial charge on any atom is 1.00 e. The summed E-state index contributed by atoms with van der Waals surface area (Å²) in [4.78, 5) is 21.4. The Morgan fingerprint density at radius 3 is 1.03 bits per heavy atom. The van der Waals surface area contributed by atoms with Crippen molar-refractivity contribution in [2.75, 3.05) is 13.2 Å². The number of hydrogen-bond acceptors (Lipinski definition) is 4. The quantitative estimate of drug-likeness (QED) is 0.259. The molecule has 2 aliphatic carbocycles. The van der Waals surface area contributed by atoms with E-state index >= 15 is 0 Å². The zero-order valence-electron chi connectivity index (χ0n) is 25.3. The molecule has 0 N–H and O–H groups in total. The van der Waals surface area contributed by atoms with Gasteiger partial charge in [0.05, 0.1) is 13.2 Å². The smallest absolute Gasteiger partial charge is 0.488 e. The molecule has 0 bridgehead atoms. The van der Waals surface area contributed by atoms with Gasteiger partial charge >= 0.3 is 116 Å². The van der Waals surface area contributed by atoms with E-state index < -0.39 is 0 Å². The molecule has 34 heavy (non-hydrogen) atoms. The van der Waals surface area contributed by atoms with Gasteiger partial charge in [0, 0.05) is 0 Å². The zero-order valence-corrected chi connectivity index (χ0v) is 35.1. The first kappa shape index (κ1) is 49.0. The molecule has 0 saturated heterocycles. The molecule has 0 aromatic heterocycles. The number of carbonyl (C=O) groups is 2. The first-order chi connectivity index (χ1) is 15.4. The average molecular weight is 628 g/mol. The van der Waals surface area contributed by atoms with Gasteiger partial charge in [-0.2, -0.15) is 26.7 Å². The molecule has 194 valence electrons. The second-order valence-electron chi connectivity index (χ2n) is 6.88. The Kier molecular flexibility index (Phi) is 64.9. The number of carbonyl (C=O) groups excluding carboxylic acids is 2. The van der Waals surface area contributed by atoms with E-state index in [1.807, 2.05) is 41.5 Å². The van der Waals surface area contributed by atoms with Gasteiger partial charge in [-0.3, -0.25) is 21.4 Å². The topological polar surface area (TPSA) is 52.6 Å². The van der Waals surface area contributed by atoms with Crippen molar-refractivity contribution in [2.45, 2.75) is 133 Å². The first-order valence-corrected chi connectivity index (χ1v) is 13.1. The summed E-state index contributed by atoms with van der Waals surface area (Å²) in [6.45, 7) is 20.0. The largest absolute Gasteiger partial charge is 1.00 e. The van der Waals surface area contributed by atoms with Crippen LogP contribution in [0.3, 0.4) is 0 Å². The fourth-order valence-corrected chi connectivity index (χ4v) is 2.27. The molecule has 0 unspecified atom stereocenters. The summed E-state index contributed by atoms with van der Waals surface area (Å²) in [6, 6.07) is 0. The predicted molar refractivity (Wildman–Crippen MR) is 140 cm³/mol. The van der Waals surface area contributed by atoms with Crippen molar-refractivity contribution in [3.63, 3.8) is 0 Å². The van der Waals surface area contributed by atoms with Crippen LogP contribution in [0.15, 0.2) is 12.2 Å². The third kappa shape index (κ3) is 41.2. The van der Waals surface area contributed by atoms with Gasteiger partial charge in [0.15, 0.2) is 11.9 Å². The van der Waals surface area contributed by atoms with Crippen molar-refractivity contribution in [1.82, 2.24) is 0 Å². The maximum absolute atomic E-state index is 10.7. The Bertz CT molecular complexity index is 360. The molecule has 0 spiro atoms. The molecular weight excluding hydrogens is 571 g/mol. The fourth-order valence-electron chi connectivity index (χ4n) is 2.27. The van der Waals surface area contributed by atoms with Crippen molar-refractivity contribution in [2.24, 2.45) is 0 Å². The summed E-state index contributed by atoms with van der Waals surface area (Å²) >= 11 is 0. The molecule has 2 rings (SSSR count). The van der Waals surface area contributed by atoms with Crippen LogP contribution in [0.4, 0.5) is 0 Å². The van der Waals surface area contributed by atoms with Crippen LogP contribution in [0.2, 0.25) is 0 Å². The van der Waals surface area contributed by atoms with Crippen LogP contribution in [0.5, 0.6) is 0 Å². The molecule has 0 aromatic carbocycles. The van der Waals surface area contributed by atoms with E-state index in [0.29, 0.717) is 13.2 Å². The van der Waals surface area contributed by atoms with E-state index in [-0.39, 0.29) is 128 Å². The number of ether oxygens (including phenoxy) is 2. The van der Waals surface area contributed by atoms with Gasteiger partial charge in [-0.1, -0.05) is 85.8 Å². The monoisotopic (exact) mass is 626 g/mol. The maximum atomic E-state index is 10.7. The van der Waals surface area contributed by atoms with Gasteiger partial charge in [0.2, 0.25) is 0 Å². The van der Waals surface area contributed by atoms with E-state index in [4.69, 9.17) is 9.47 Å². The summed E-state index contributed by atoms with van der Waals surface area (Å²) < 4.78 is 9.44. The van der Waals surface area contributed by atoms with Crippen LogP contribution >= 0.6 is 0 Å². The molecule has 0 atom stereocenters. The van der Waals surface area contributed by atoms with Crippen molar-refractivity contribution in [3.05, 3.63) is 24.0 Å². The molecule has 0 aromatic rings. The molecule has 0 heterocycles. The number of esters is 2. The van der Waals surface area contributed by atoms with Gasteiger partial charge in [0.25, 0.3) is 0 Å². The van der Waals surface area contributed by atoms with Crippen molar-refractivity contribution in [3.8, 4) is 0 Å².